The zero-order valence-electron chi connectivity index (χ0n) is 14.5. The second kappa shape index (κ2) is 8.50. The van der Waals surface area contributed by atoms with Gasteiger partial charge in [0, 0.05) is 12.0 Å². The molecule has 1 heterocycles. The molecule has 2 aromatic rings. The Bertz CT molecular complexity index is 912. The Balaban J connectivity index is 1.62. The van der Waals surface area contributed by atoms with Crippen LogP contribution in [0.25, 0.3) is 0 Å². The van der Waals surface area contributed by atoms with Crippen LogP contribution in [-0.2, 0) is 4.79 Å². The SMILES string of the molecule is COc1cc(C=NN=C2NC(=O)C(CC(=O)c3ccccc3)S2)ccc1O. The van der Waals surface area contributed by atoms with Crippen LogP contribution >= 0.6 is 11.8 Å². The number of amidine groups is 1. The van der Waals surface area contributed by atoms with Gasteiger partial charge in [-0.1, -0.05) is 42.1 Å². The fourth-order valence-electron chi connectivity index (χ4n) is 2.42. The first-order valence-corrected chi connectivity index (χ1v) is 8.98. The van der Waals surface area contributed by atoms with Crippen molar-refractivity contribution in [1.82, 2.24) is 5.32 Å². The third kappa shape index (κ3) is 4.73. The van der Waals surface area contributed by atoms with E-state index in [9.17, 15) is 14.7 Å². The molecule has 0 saturated carbocycles. The smallest absolute Gasteiger partial charge is 0.240 e. The topological polar surface area (TPSA) is 100 Å². The number of benzene rings is 2. The minimum Gasteiger partial charge on any atom is -0.504 e. The van der Waals surface area contributed by atoms with Gasteiger partial charge in [-0.3, -0.25) is 9.59 Å². The summed E-state index contributed by atoms with van der Waals surface area (Å²) in [5, 5.41) is 19.9. The van der Waals surface area contributed by atoms with E-state index in [0.29, 0.717) is 22.0 Å². The Morgan fingerprint density at radius 1 is 1.30 bits per heavy atom. The van der Waals surface area contributed by atoms with Crippen LogP contribution in [0, 0.1) is 0 Å². The summed E-state index contributed by atoms with van der Waals surface area (Å²) in [6.07, 6.45) is 1.57. The number of hydrogen-bond donors (Lipinski definition) is 2. The summed E-state index contributed by atoms with van der Waals surface area (Å²) >= 11 is 1.18. The molecule has 7 nitrogen and oxygen atoms in total. The molecule has 1 fully saturated rings. The zero-order chi connectivity index (χ0) is 19.2. The number of aromatic hydroxyl groups is 1. The quantitative estimate of drug-likeness (QED) is 0.454. The van der Waals surface area contributed by atoms with Gasteiger partial charge in [-0.2, -0.15) is 5.10 Å². The number of ketones is 1. The number of carbonyl (C=O) groups is 2. The molecule has 1 saturated heterocycles. The van der Waals surface area contributed by atoms with E-state index in [1.54, 1.807) is 36.4 Å². The molecule has 1 atom stereocenters. The third-order valence-electron chi connectivity index (χ3n) is 3.80. The first-order chi connectivity index (χ1) is 13.1. The summed E-state index contributed by atoms with van der Waals surface area (Å²) in [6.45, 7) is 0. The van der Waals surface area contributed by atoms with Crippen molar-refractivity contribution in [3.63, 3.8) is 0 Å². The maximum absolute atomic E-state index is 12.2. The van der Waals surface area contributed by atoms with Crippen molar-refractivity contribution in [2.45, 2.75) is 11.7 Å². The molecule has 0 spiro atoms. The normalized spacial score (nSPS) is 18.0. The van der Waals surface area contributed by atoms with E-state index in [1.807, 2.05) is 6.07 Å². The van der Waals surface area contributed by atoms with E-state index in [2.05, 4.69) is 15.5 Å². The van der Waals surface area contributed by atoms with Gasteiger partial charge in [0.15, 0.2) is 22.4 Å². The molecular weight excluding hydrogens is 366 g/mol. The molecule has 0 aromatic heterocycles. The number of rotatable bonds is 6. The second-order valence-electron chi connectivity index (χ2n) is 5.67. The molecule has 0 aliphatic carbocycles. The monoisotopic (exact) mass is 383 g/mol. The lowest BCUT2D eigenvalue weighted by molar-refractivity contribution is -0.118. The van der Waals surface area contributed by atoms with Gasteiger partial charge in [0.1, 0.15) is 0 Å². The molecule has 1 unspecified atom stereocenters. The van der Waals surface area contributed by atoms with E-state index in [4.69, 9.17) is 4.74 Å². The van der Waals surface area contributed by atoms with E-state index in [0.717, 1.165) is 0 Å². The number of ether oxygens (including phenoxy) is 1. The van der Waals surface area contributed by atoms with Gasteiger partial charge in [-0.15, -0.1) is 5.10 Å². The number of nitrogens with zero attached hydrogens (tertiary/aromatic N) is 2. The summed E-state index contributed by atoms with van der Waals surface area (Å²) in [5.74, 6) is 0.00820. The number of hydrogen-bond acceptors (Lipinski definition) is 7. The highest BCUT2D eigenvalue weighted by Crippen LogP contribution is 2.26. The Labute approximate surface area is 160 Å². The standard InChI is InChI=1S/C19H17N3O4S/c1-26-16-9-12(7-8-14(16)23)11-20-22-19-21-18(25)17(27-19)10-15(24)13-5-3-2-4-6-13/h2-9,11,17,23H,10H2,1H3,(H,21,22,25). The van der Waals surface area contributed by atoms with Crippen molar-refractivity contribution >= 4 is 34.8 Å². The number of phenols is 1. The Hall–Kier alpha value is -3.13. The lowest BCUT2D eigenvalue weighted by atomic mass is 10.1. The van der Waals surface area contributed by atoms with Crippen molar-refractivity contribution < 1.29 is 19.4 Å². The number of thioether (sulfide) groups is 1. The van der Waals surface area contributed by atoms with Crippen LogP contribution in [0.5, 0.6) is 11.5 Å². The molecule has 1 aliphatic rings. The first kappa shape index (κ1) is 18.7. The molecule has 27 heavy (non-hydrogen) atoms. The summed E-state index contributed by atoms with van der Waals surface area (Å²) in [6, 6.07) is 13.6. The maximum atomic E-state index is 12.2. The summed E-state index contributed by atoms with van der Waals surface area (Å²) in [5.41, 5.74) is 1.26. The highest BCUT2D eigenvalue weighted by Gasteiger charge is 2.32. The molecular formula is C19H17N3O4S. The lowest BCUT2D eigenvalue weighted by Crippen LogP contribution is -2.26. The van der Waals surface area contributed by atoms with Crippen LogP contribution in [0.4, 0.5) is 0 Å². The Morgan fingerprint density at radius 2 is 2.07 bits per heavy atom. The third-order valence-corrected chi connectivity index (χ3v) is 4.87. The molecule has 0 radical (unpaired) electrons. The highest BCUT2D eigenvalue weighted by molar-refractivity contribution is 8.15. The summed E-state index contributed by atoms with van der Waals surface area (Å²) in [7, 11) is 1.46. The van der Waals surface area contributed by atoms with Crippen molar-refractivity contribution in [3.8, 4) is 11.5 Å². The van der Waals surface area contributed by atoms with Crippen LogP contribution in [0.15, 0.2) is 58.7 Å². The van der Waals surface area contributed by atoms with Crippen molar-refractivity contribution in [2.24, 2.45) is 10.2 Å². The predicted octanol–water partition coefficient (Wildman–Crippen LogP) is 2.60. The number of methoxy groups -OCH3 is 1. The highest BCUT2D eigenvalue weighted by atomic mass is 32.2. The Morgan fingerprint density at radius 3 is 2.81 bits per heavy atom. The predicted molar refractivity (Wildman–Crippen MR) is 105 cm³/mol. The van der Waals surface area contributed by atoms with Crippen LogP contribution in [0.2, 0.25) is 0 Å². The molecule has 0 bridgehead atoms. The maximum Gasteiger partial charge on any atom is 0.240 e. The first-order valence-electron chi connectivity index (χ1n) is 8.10. The van der Waals surface area contributed by atoms with Crippen LogP contribution in [-0.4, -0.2) is 40.5 Å². The van der Waals surface area contributed by atoms with Crippen molar-refractivity contribution in [3.05, 3.63) is 59.7 Å². The Kier molecular flexibility index (Phi) is 5.87. The van der Waals surface area contributed by atoms with Gasteiger partial charge >= 0.3 is 0 Å². The van der Waals surface area contributed by atoms with E-state index in [1.165, 1.54) is 31.2 Å². The van der Waals surface area contributed by atoms with Gasteiger partial charge in [0.2, 0.25) is 5.91 Å². The molecule has 2 aromatic carbocycles. The lowest BCUT2D eigenvalue weighted by Gasteiger charge is -2.04. The number of amides is 1. The molecule has 138 valence electrons. The van der Waals surface area contributed by atoms with Gasteiger partial charge in [0.25, 0.3) is 0 Å². The average molecular weight is 383 g/mol. The number of Topliss-reactive ketones (excluding diaryl/α,β-unsaturated/α-hetero) is 1. The fourth-order valence-corrected chi connectivity index (χ4v) is 3.34. The van der Waals surface area contributed by atoms with Crippen LogP contribution in [0.1, 0.15) is 22.3 Å². The summed E-state index contributed by atoms with van der Waals surface area (Å²) in [4.78, 5) is 24.3. The molecule has 1 amide bonds. The van der Waals surface area contributed by atoms with E-state index >= 15 is 0 Å². The number of nitrogens with one attached hydrogen (secondary N) is 1. The van der Waals surface area contributed by atoms with E-state index < -0.39 is 5.25 Å². The average Bonchev–Trinajstić information content (AvgIpc) is 3.03. The minimum absolute atomic E-state index is 0.0329. The second-order valence-corrected chi connectivity index (χ2v) is 6.86. The molecule has 3 rings (SSSR count). The van der Waals surface area contributed by atoms with Gasteiger partial charge in [-0.25, -0.2) is 0 Å². The van der Waals surface area contributed by atoms with Crippen molar-refractivity contribution in [2.75, 3.05) is 7.11 Å². The number of phenolic OH excluding ortho intramolecular Hbond substituents is 1. The molecule has 1 aliphatic heterocycles. The minimum atomic E-state index is -0.527. The fraction of sp³-hybridized carbons (Fsp3) is 0.158. The van der Waals surface area contributed by atoms with Gasteiger partial charge in [0.05, 0.1) is 18.6 Å². The van der Waals surface area contributed by atoms with Gasteiger partial charge in [-0.05, 0) is 23.8 Å². The van der Waals surface area contributed by atoms with Crippen LogP contribution < -0.4 is 10.1 Å². The van der Waals surface area contributed by atoms with Crippen molar-refractivity contribution in [1.29, 1.82) is 0 Å². The zero-order valence-corrected chi connectivity index (χ0v) is 15.3. The summed E-state index contributed by atoms with van der Waals surface area (Å²) < 4.78 is 5.03. The van der Waals surface area contributed by atoms with E-state index in [-0.39, 0.29) is 23.9 Å². The number of carbonyl (C=O) groups excluding carboxylic acids is 2. The van der Waals surface area contributed by atoms with Crippen LogP contribution in [0.3, 0.4) is 0 Å². The molecule has 2 N–H and O–H groups in total. The largest absolute Gasteiger partial charge is 0.504 e. The van der Waals surface area contributed by atoms with Gasteiger partial charge < -0.3 is 15.2 Å². The molecule has 8 heteroatoms.